The van der Waals surface area contributed by atoms with Crippen LogP contribution >= 0.6 is 22.9 Å². The molecule has 0 fully saturated rings. The van der Waals surface area contributed by atoms with Crippen LogP contribution in [0.2, 0.25) is 5.02 Å². The maximum atomic E-state index is 11.2. The molecule has 2 atom stereocenters. The van der Waals surface area contributed by atoms with Gasteiger partial charge in [0.05, 0.1) is 10.9 Å². The molecule has 2 N–H and O–H groups in total. The van der Waals surface area contributed by atoms with E-state index in [9.17, 15) is 10.4 Å². The summed E-state index contributed by atoms with van der Waals surface area (Å²) in [4.78, 5) is 10.6. The molecule has 0 radical (unpaired) electrons. The molecule has 1 aromatic carbocycles. The standard InChI is InChI=1S/C23H19ClN4OS/c1-2-17-8-10-27-23(28-17)22-19(21(29)14-3-5-16(24)6-4-14)12-20(30-22)15-7-9-26-18(11-15)13-25/h3-12,17,21,29H,2H2,1H3,(H,27,28). The third kappa shape index (κ3) is 4.14. The number of hydrogen-bond acceptors (Lipinski definition) is 6. The van der Waals surface area contributed by atoms with Gasteiger partial charge in [0.2, 0.25) is 0 Å². The first-order chi connectivity index (χ1) is 14.6. The van der Waals surface area contributed by atoms with Crippen LogP contribution in [0.4, 0.5) is 0 Å². The predicted octanol–water partition coefficient (Wildman–Crippen LogP) is 5.06. The lowest BCUT2D eigenvalue weighted by Gasteiger charge is -2.18. The highest BCUT2D eigenvalue weighted by Crippen LogP contribution is 2.37. The SMILES string of the molecule is CCC1C=CNC(c2sc(-c3ccnc(C#N)c3)cc2C(O)c2ccc(Cl)cc2)=N1. The topological polar surface area (TPSA) is 81.3 Å². The Bertz CT molecular complexity index is 1160. The van der Waals surface area contributed by atoms with Crippen LogP contribution < -0.4 is 5.32 Å². The number of halogens is 1. The minimum atomic E-state index is -0.838. The van der Waals surface area contributed by atoms with Gasteiger partial charge < -0.3 is 10.4 Å². The highest BCUT2D eigenvalue weighted by Gasteiger charge is 2.23. The van der Waals surface area contributed by atoms with Gasteiger partial charge in [-0.2, -0.15) is 5.26 Å². The number of nitrogens with one attached hydrogen (secondary N) is 1. The van der Waals surface area contributed by atoms with E-state index < -0.39 is 6.10 Å². The summed E-state index contributed by atoms with van der Waals surface area (Å²) in [6, 6.07) is 14.9. The van der Waals surface area contributed by atoms with Crippen LogP contribution in [-0.4, -0.2) is 22.0 Å². The van der Waals surface area contributed by atoms with E-state index in [2.05, 4.69) is 23.3 Å². The van der Waals surface area contributed by atoms with Crippen molar-refractivity contribution < 1.29 is 5.11 Å². The zero-order chi connectivity index (χ0) is 21.1. The number of nitriles is 1. The molecule has 5 nitrogen and oxygen atoms in total. The van der Waals surface area contributed by atoms with Gasteiger partial charge in [-0.3, -0.25) is 4.99 Å². The Hall–Kier alpha value is -2.98. The monoisotopic (exact) mass is 434 g/mol. The number of aromatic nitrogens is 1. The summed E-state index contributed by atoms with van der Waals surface area (Å²) in [6.07, 6.45) is 5.60. The van der Waals surface area contributed by atoms with Crippen molar-refractivity contribution in [2.24, 2.45) is 4.99 Å². The van der Waals surface area contributed by atoms with Crippen molar-refractivity contribution in [1.82, 2.24) is 10.3 Å². The molecule has 0 saturated carbocycles. The van der Waals surface area contributed by atoms with Crippen LogP contribution in [-0.2, 0) is 0 Å². The number of amidine groups is 1. The van der Waals surface area contributed by atoms with Crippen molar-refractivity contribution in [3.8, 4) is 16.5 Å². The molecule has 0 amide bonds. The zero-order valence-corrected chi connectivity index (χ0v) is 17.8. The molecule has 30 heavy (non-hydrogen) atoms. The smallest absolute Gasteiger partial charge is 0.143 e. The van der Waals surface area contributed by atoms with E-state index in [1.807, 2.05) is 36.5 Å². The molecule has 4 rings (SSSR count). The van der Waals surface area contributed by atoms with Crippen LogP contribution in [0.3, 0.4) is 0 Å². The van der Waals surface area contributed by atoms with Crippen LogP contribution in [0.25, 0.3) is 10.4 Å². The average Bonchev–Trinajstić information content (AvgIpc) is 3.25. The number of aliphatic imine (C=N–C) groups is 1. The molecule has 3 heterocycles. The number of nitrogens with zero attached hydrogens (tertiary/aromatic N) is 3. The fraction of sp³-hybridized carbons (Fsp3) is 0.174. The molecular weight excluding hydrogens is 416 g/mol. The average molecular weight is 435 g/mol. The van der Waals surface area contributed by atoms with Gasteiger partial charge in [0.15, 0.2) is 0 Å². The van der Waals surface area contributed by atoms with E-state index in [-0.39, 0.29) is 6.04 Å². The fourth-order valence-corrected chi connectivity index (χ4v) is 4.51. The van der Waals surface area contributed by atoms with E-state index in [1.54, 1.807) is 24.4 Å². The zero-order valence-electron chi connectivity index (χ0n) is 16.2. The first-order valence-electron chi connectivity index (χ1n) is 9.54. The van der Waals surface area contributed by atoms with Gasteiger partial charge in [0.1, 0.15) is 23.7 Å². The van der Waals surface area contributed by atoms with Crippen LogP contribution in [0, 0.1) is 11.3 Å². The minimum Gasteiger partial charge on any atom is -0.384 e. The van der Waals surface area contributed by atoms with E-state index in [0.717, 1.165) is 38.7 Å². The molecule has 1 aliphatic heterocycles. The second-order valence-electron chi connectivity index (χ2n) is 6.85. The van der Waals surface area contributed by atoms with Gasteiger partial charge in [-0.25, -0.2) is 4.98 Å². The number of thiophene rings is 1. The maximum absolute atomic E-state index is 11.2. The first-order valence-corrected chi connectivity index (χ1v) is 10.7. The van der Waals surface area contributed by atoms with Gasteiger partial charge in [0, 0.05) is 27.9 Å². The second kappa shape index (κ2) is 8.80. The van der Waals surface area contributed by atoms with E-state index in [0.29, 0.717) is 10.7 Å². The quantitative estimate of drug-likeness (QED) is 0.588. The summed E-state index contributed by atoms with van der Waals surface area (Å²) < 4.78 is 0. The highest BCUT2D eigenvalue weighted by atomic mass is 35.5. The molecule has 0 bridgehead atoms. The molecule has 1 aliphatic rings. The van der Waals surface area contributed by atoms with Gasteiger partial charge >= 0.3 is 0 Å². The molecule has 0 aliphatic carbocycles. The molecule has 2 unspecified atom stereocenters. The van der Waals surface area contributed by atoms with Crippen molar-refractivity contribution in [3.63, 3.8) is 0 Å². The Morgan fingerprint density at radius 3 is 2.80 bits per heavy atom. The molecule has 3 aromatic rings. The van der Waals surface area contributed by atoms with Crippen molar-refractivity contribution >= 4 is 28.8 Å². The third-order valence-electron chi connectivity index (χ3n) is 4.87. The maximum Gasteiger partial charge on any atom is 0.143 e. The van der Waals surface area contributed by atoms with Gasteiger partial charge in [-0.15, -0.1) is 11.3 Å². The lowest BCUT2D eigenvalue weighted by Crippen LogP contribution is -2.25. The van der Waals surface area contributed by atoms with E-state index in [4.69, 9.17) is 16.6 Å². The summed E-state index contributed by atoms with van der Waals surface area (Å²) in [7, 11) is 0. The van der Waals surface area contributed by atoms with Gasteiger partial charge in [-0.1, -0.05) is 30.7 Å². The normalized spacial score (nSPS) is 16.5. The number of hydrogen-bond donors (Lipinski definition) is 2. The van der Waals surface area contributed by atoms with Crippen LogP contribution in [0.15, 0.2) is 65.9 Å². The van der Waals surface area contributed by atoms with Crippen molar-refractivity contribution in [3.05, 3.63) is 87.7 Å². The molecular formula is C23H19ClN4OS. The van der Waals surface area contributed by atoms with Crippen molar-refractivity contribution in [2.75, 3.05) is 0 Å². The number of aliphatic hydroxyl groups excluding tert-OH is 1. The molecule has 0 saturated heterocycles. The highest BCUT2D eigenvalue weighted by molar-refractivity contribution is 7.17. The van der Waals surface area contributed by atoms with Gasteiger partial charge in [-0.05, 0) is 54.0 Å². The Balaban J connectivity index is 1.82. The fourth-order valence-electron chi connectivity index (χ4n) is 3.24. The summed E-state index contributed by atoms with van der Waals surface area (Å²) in [5.41, 5.74) is 2.73. The van der Waals surface area contributed by atoms with Gasteiger partial charge in [0.25, 0.3) is 0 Å². The molecule has 0 spiro atoms. The molecule has 7 heteroatoms. The van der Waals surface area contributed by atoms with Crippen LogP contribution in [0.1, 0.15) is 41.1 Å². The lowest BCUT2D eigenvalue weighted by atomic mass is 10.0. The molecule has 150 valence electrons. The number of pyridine rings is 1. The minimum absolute atomic E-state index is 0.0958. The number of rotatable bonds is 5. The summed E-state index contributed by atoms with van der Waals surface area (Å²) in [6.45, 7) is 2.09. The van der Waals surface area contributed by atoms with Crippen molar-refractivity contribution in [1.29, 1.82) is 5.26 Å². The van der Waals surface area contributed by atoms with Crippen LogP contribution in [0.5, 0.6) is 0 Å². The van der Waals surface area contributed by atoms with Crippen molar-refractivity contribution in [2.45, 2.75) is 25.5 Å². The summed E-state index contributed by atoms with van der Waals surface area (Å²) >= 11 is 7.54. The third-order valence-corrected chi connectivity index (χ3v) is 6.33. The van der Waals surface area contributed by atoms with E-state index in [1.165, 1.54) is 11.3 Å². The Morgan fingerprint density at radius 2 is 2.07 bits per heavy atom. The summed E-state index contributed by atoms with van der Waals surface area (Å²) in [5, 5.41) is 24.2. The Morgan fingerprint density at radius 1 is 1.27 bits per heavy atom. The first kappa shape index (κ1) is 20.3. The Labute approximate surface area is 184 Å². The number of aliphatic hydroxyl groups is 1. The molecule has 2 aromatic heterocycles. The Kier molecular flexibility index (Phi) is 5.96. The number of benzene rings is 1. The van der Waals surface area contributed by atoms with E-state index >= 15 is 0 Å². The predicted molar refractivity (Wildman–Crippen MR) is 121 cm³/mol. The largest absolute Gasteiger partial charge is 0.384 e. The lowest BCUT2D eigenvalue weighted by molar-refractivity contribution is 0.220. The second-order valence-corrected chi connectivity index (χ2v) is 8.34. The summed E-state index contributed by atoms with van der Waals surface area (Å²) in [5.74, 6) is 0.734.